The number of hydrogen-bond acceptors (Lipinski definition) is 2. The number of amides is 1. The number of rotatable bonds is 6. The van der Waals surface area contributed by atoms with E-state index >= 15 is 0 Å². The minimum absolute atomic E-state index is 0.105. The average molecular weight is 494 g/mol. The molecule has 1 aliphatic rings. The standard InChI is InChI=1S/C34H27N3O/c38-32(21-22-37-30-15-6-4-12-26(30)27-13-5-7-16-31(27)37)35-36-34(25-9-2-1-3-10-25)29-20-19-24-18-17-23-11-8-14-28(29)33(23)24/h1-16,19-20H,17-18,21-22H2,(H,35,38)/b36-34-. The number of carbonyl (C=O) groups excluding carboxylic acids is 1. The van der Waals surface area contributed by atoms with Crippen LogP contribution in [0.25, 0.3) is 32.6 Å². The van der Waals surface area contributed by atoms with Gasteiger partial charge in [-0.1, -0.05) is 97.1 Å². The summed E-state index contributed by atoms with van der Waals surface area (Å²) >= 11 is 0. The van der Waals surface area contributed by atoms with E-state index in [9.17, 15) is 4.79 Å². The lowest BCUT2D eigenvalue weighted by atomic mass is 9.94. The highest BCUT2D eigenvalue weighted by molar-refractivity contribution is 6.20. The van der Waals surface area contributed by atoms with Crippen molar-refractivity contribution < 1.29 is 4.79 Å². The van der Waals surface area contributed by atoms with Gasteiger partial charge in [-0.25, -0.2) is 5.43 Å². The first-order chi connectivity index (χ1) is 18.8. The lowest BCUT2D eigenvalue weighted by Crippen LogP contribution is -2.22. The van der Waals surface area contributed by atoms with Crippen molar-refractivity contribution in [3.63, 3.8) is 0 Å². The van der Waals surface area contributed by atoms with Crippen molar-refractivity contribution in [2.24, 2.45) is 5.10 Å². The van der Waals surface area contributed by atoms with Crippen molar-refractivity contribution in [3.8, 4) is 0 Å². The normalized spacial score (nSPS) is 13.0. The Morgan fingerprint density at radius 2 is 1.32 bits per heavy atom. The Morgan fingerprint density at radius 3 is 2.05 bits per heavy atom. The largest absolute Gasteiger partial charge is 0.340 e. The topological polar surface area (TPSA) is 46.4 Å². The van der Waals surface area contributed by atoms with Crippen molar-refractivity contribution >= 4 is 44.2 Å². The summed E-state index contributed by atoms with van der Waals surface area (Å²) in [7, 11) is 0. The first-order valence-corrected chi connectivity index (χ1v) is 13.2. The van der Waals surface area contributed by atoms with Crippen LogP contribution in [0, 0.1) is 0 Å². The van der Waals surface area contributed by atoms with Gasteiger partial charge in [0.2, 0.25) is 5.91 Å². The van der Waals surface area contributed by atoms with Gasteiger partial charge in [-0.15, -0.1) is 0 Å². The summed E-state index contributed by atoms with van der Waals surface area (Å²) in [5, 5.41) is 9.68. The summed E-state index contributed by atoms with van der Waals surface area (Å²) in [4.78, 5) is 13.1. The maximum atomic E-state index is 13.1. The molecule has 4 heteroatoms. The molecule has 0 saturated heterocycles. The zero-order valence-corrected chi connectivity index (χ0v) is 21.0. The predicted octanol–water partition coefficient (Wildman–Crippen LogP) is 7.01. The smallest absolute Gasteiger partial charge is 0.241 e. The summed E-state index contributed by atoms with van der Waals surface area (Å²) in [5.74, 6) is -0.105. The fourth-order valence-electron chi connectivity index (χ4n) is 5.96. The van der Waals surface area contributed by atoms with Crippen LogP contribution in [-0.2, 0) is 24.2 Å². The molecule has 4 nitrogen and oxygen atoms in total. The minimum Gasteiger partial charge on any atom is -0.340 e. The van der Waals surface area contributed by atoms with E-state index in [1.54, 1.807) is 0 Å². The van der Waals surface area contributed by atoms with Crippen LogP contribution in [0.1, 0.15) is 28.7 Å². The van der Waals surface area contributed by atoms with Crippen LogP contribution in [0.3, 0.4) is 0 Å². The Hall–Kier alpha value is -4.70. The number of nitrogens with zero attached hydrogens (tertiary/aromatic N) is 2. The second-order valence-electron chi connectivity index (χ2n) is 9.91. The Bertz CT molecular complexity index is 1800. The van der Waals surface area contributed by atoms with Crippen molar-refractivity contribution in [3.05, 3.63) is 131 Å². The van der Waals surface area contributed by atoms with Gasteiger partial charge in [-0.05, 0) is 46.9 Å². The Balaban J connectivity index is 1.21. The van der Waals surface area contributed by atoms with Gasteiger partial charge in [0.25, 0.3) is 0 Å². The number of hydrazone groups is 1. The van der Waals surface area contributed by atoms with Gasteiger partial charge in [-0.3, -0.25) is 4.79 Å². The van der Waals surface area contributed by atoms with Gasteiger partial charge < -0.3 is 4.57 Å². The fraction of sp³-hybridized carbons (Fsp3) is 0.118. The molecule has 6 aromatic rings. The van der Waals surface area contributed by atoms with Gasteiger partial charge >= 0.3 is 0 Å². The molecule has 38 heavy (non-hydrogen) atoms. The predicted molar refractivity (Wildman–Crippen MR) is 156 cm³/mol. The number of fused-ring (bicyclic) bond motifs is 3. The van der Waals surface area contributed by atoms with E-state index in [1.165, 1.54) is 32.7 Å². The number of carbonyl (C=O) groups is 1. The Morgan fingerprint density at radius 1 is 0.684 bits per heavy atom. The fourth-order valence-corrected chi connectivity index (χ4v) is 5.96. The molecule has 0 bridgehead atoms. The number of para-hydroxylation sites is 2. The number of aromatic nitrogens is 1. The van der Waals surface area contributed by atoms with Crippen molar-refractivity contribution in [2.75, 3.05) is 0 Å². The first kappa shape index (κ1) is 22.5. The van der Waals surface area contributed by atoms with Crippen molar-refractivity contribution in [1.82, 2.24) is 9.99 Å². The van der Waals surface area contributed by atoms with Gasteiger partial charge in [0.1, 0.15) is 0 Å². The van der Waals surface area contributed by atoms with E-state index in [-0.39, 0.29) is 5.91 Å². The summed E-state index contributed by atoms with van der Waals surface area (Å²) in [6.45, 7) is 0.580. The maximum Gasteiger partial charge on any atom is 0.241 e. The molecule has 0 atom stereocenters. The Kier molecular flexibility index (Phi) is 5.51. The highest BCUT2D eigenvalue weighted by Gasteiger charge is 2.19. The number of aryl methyl sites for hydroxylation is 3. The molecule has 5 aromatic carbocycles. The molecule has 0 fully saturated rings. The summed E-state index contributed by atoms with van der Waals surface area (Å²) in [5.41, 5.74) is 10.8. The van der Waals surface area contributed by atoms with Crippen molar-refractivity contribution in [1.29, 1.82) is 0 Å². The van der Waals surface area contributed by atoms with Crippen LogP contribution in [0.2, 0.25) is 0 Å². The molecule has 0 unspecified atom stereocenters. The number of benzene rings is 5. The van der Waals surface area contributed by atoms with Crippen LogP contribution < -0.4 is 5.43 Å². The lowest BCUT2D eigenvalue weighted by molar-refractivity contribution is -0.121. The highest BCUT2D eigenvalue weighted by Crippen LogP contribution is 2.34. The van der Waals surface area contributed by atoms with Gasteiger partial charge in [0, 0.05) is 45.9 Å². The molecule has 0 saturated carbocycles. The third-order valence-electron chi connectivity index (χ3n) is 7.71. The second-order valence-corrected chi connectivity index (χ2v) is 9.91. The second kappa shape index (κ2) is 9.31. The van der Waals surface area contributed by atoms with Crippen LogP contribution >= 0.6 is 0 Å². The van der Waals surface area contributed by atoms with Crippen LogP contribution in [-0.4, -0.2) is 16.2 Å². The molecule has 1 heterocycles. The molecule has 1 amide bonds. The van der Waals surface area contributed by atoms with E-state index < -0.39 is 0 Å². The molecule has 0 spiro atoms. The van der Waals surface area contributed by atoms with Crippen LogP contribution in [0.15, 0.2) is 114 Å². The molecule has 184 valence electrons. The van der Waals surface area contributed by atoms with E-state index in [1.807, 2.05) is 42.5 Å². The molecule has 1 aromatic heterocycles. The van der Waals surface area contributed by atoms with E-state index in [0.29, 0.717) is 13.0 Å². The monoisotopic (exact) mass is 493 g/mol. The number of hydrogen-bond donors (Lipinski definition) is 1. The SMILES string of the molecule is O=C(CCn1c2ccccc2c2ccccc21)N/N=C(/c1ccccc1)c1ccc2c3c(cccc13)CC2. The molecular formula is C34H27N3O. The maximum absolute atomic E-state index is 13.1. The number of nitrogens with one attached hydrogen (secondary N) is 1. The quantitative estimate of drug-likeness (QED) is 0.197. The average Bonchev–Trinajstić information content (AvgIpc) is 3.54. The van der Waals surface area contributed by atoms with Gasteiger partial charge in [0.15, 0.2) is 0 Å². The summed E-state index contributed by atoms with van der Waals surface area (Å²) in [6.07, 6.45) is 2.49. The zero-order chi connectivity index (χ0) is 25.5. The van der Waals surface area contributed by atoms with Gasteiger partial charge in [0.05, 0.1) is 5.71 Å². The van der Waals surface area contributed by atoms with Crippen molar-refractivity contribution in [2.45, 2.75) is 25.8 Å². The van der Waals surface area contributed by atoms with Gasteiger partial charge in [-0.2, -0.15) is 5.10 Å². The molecule has 7 rings (SSSR count). The lowest BCUT2D eigenvalue weighted by Gasteiger charge is -2.13. The zero-order valence-electron chi connectivity index (χ0n) is 21.0. The van der Waals surface area contributed by atoms with E-state index in [0.717, 1.165) is 40.7 Å². The van der Waals surface area contributed by atoms with E-state index in [4.69, 9.17) is 5.10 Å². The molecule has 1 N–H and O–H groups in total. The third kappa shape index (κ3) is 3.77. The van der Waals surface area contributed by atoms with Crippen LogP contribution in [0.5, 0.6) is 0 Å². The minimum atomic E-state index is -0.105. The molecular weight excluding hydrogens is 466 g/mol. The third-order valence-corrected chi connectivity index (χ3v) is 7.71. The Labute approximate surface area is 221 Å². The van der Waals surface area contributed by atoms with Crippen LogP contribution in [0.4, 0.5) is 0 Å². The molecule has 1 aliphatic carbocycles. The molecule has 0 aliphatic heterocycles. The summed E-state index contributed by atoms with van der Waals surface area (Å²) < 4.78 is 2.23. The highest BCUT2D eigenvalue weighted by atomic mass is 16.2. The summed E-state index contributed by atoms with van der Waals surface area (Å²) in [6, 6.07) is 37.7. The van der Waals surface area contributed by atoms with E-state index in [2.05, 4.69) is 76.7 Å². The molecule has 0 radical (unpaired) electrons. The first-order valence-electron chi connectivity index (χ1n) is 13.2.